The van der Waals surface area contributed by atoms with Crippen LogP contribution in [0.1, 0.15) is 27.7 Å². The number of nitrogens with zero attached hydrogens (tertiary/aromatic N) is 1. The van der Waals surface area contributed by atoms with E-state index in [9.17, 15) is 8.42 Å². The highest BCUT2D eigenvalue weighted by molar-refractivity contribution is 7.91. The summed E-state index contributed by atoms with van der Waals surface area (Å²) in [6.45, 7) is 8.30. The van der Waals surface area contributed by atoms with Crippen molar-refractivity contribution in [2.24, 2.45) is 0 Å². The zero-order valence-electron chi connectivity index (χ0n) is 11.6. The molecule has 1 aliphatic heterocycles. The molecular formula is C12H20N2O3S2. The lowest BCUT2D eigenvalue weighted by molar-refractivity contribution is -0.163. The van der Waals surface area contributed by atoms with E-state index in [0.717, 1.165) is 11.3 Å². The van der Waals surface area contributed by atoms with Gasteiger partial charge in [0.2, 0.25) is 0 Å². The fourth-order valence-electron chi connectivity index (χ4n) is 2.48. The minimum Gasteiger partial charge on any atom is -0.398 e. The number of rotatable bonds is 2. The van der Waals surface area contributed by atoms with Crippen molar-refractivity contribution < 1.29 is 13.2 Å². The van der Waals surface area contributed by atoms with Gasteiger partial charge in [-0.15, -0.1) is 11.3 Å². The molecule has 1 fully saturated rings. The van der Waals surface area contributed by atoms with Crippen LogP contribution in [0.2, 0.25) is 0 Å². The molecule has 7 heteroatoms. The van der Waals surface area contributed by atoms with Crippen molar-refractivity contribution in [2.45, 2.75) is 43.1 Å². The molecule has 1 aromatic rings. The summed E-state index contributed by atoms with van der Waals surface area (Å²) in [5.74, 6) is 0. The molecule has 0 saturated carbocycles. The summed E-state index contributed by atoms with van der Waals surface area (Å²) in [6.07, 6.45) is 0. The van der Waals surface area contributed by atoms with Gasteiger partial charge in [-0.3, -0.25) is 0 Å². The smallest absolute Gasteiger partial charge is 0.252 e. The Labute approximate surface area is 118 Å². The van der Waals surface area contributed by atoms with Crippen molar-refractivity contribution in [3.63, 3.8) is 0 Å². The zero-order valence-corrected chi connectivity index (χ0v) is 13.3. The van der Waals surface area contributed by atoms with Crippen molar-refractivity contribution >= 4 is 27.0 Å². The second-order valence-electron chi connectivity index (χ2n) is 6.09. The molecule has 1 saturated heterocycles. The first-order valence-corrected chi connectivity index (χ1v) is 8.38. The monoisotopic (exact) mass is 304 g/mol. The van der Waals surface area contributed by atoms with Crippen LogP contribution in [0, 0.1) is 0 Å². The fraction of sp³-hybridized carbons (Fsp3) is 0.667. The third kappa shape index (κ3) is 3.10. The van der Waals surface area contributed by atoms with E-state index in [-0.39, 0.29) is 0 Å². The van der Waals surface area contributed by atoms with Gasteiger partial charge in [-0.2, -0.15) is 4.31 Å². The Hall–Kier alpha value is -0.630. The number of nitrogen functional groups attached to an aromatic ring is 1. The highest BCUT2D eigenvalue weighted by atomic mass is 32.2. The molecule has 0 unspecified atom stereocenters. The predicted molar refractivity (Wildman–Crippen MR) is 76.7 cm³/mol. The van der Waals surface area contributed by atoms with Crippen LogP contribution in [0.5, 0.6) is 0 Å². The Balaban J connectivity index is 2.35. The number of morpholine rings is 1. The number of ether oxygens (including phenoxy) is 1. The molecule has 0 radical (unpaired) electrons. The van der Waals surface area contributed by atoms with E-state index >= 15 is 0 Å². The molecule has 5 nitrogen and oxygen atoms in total. The summed E-state index contributed by atoms with van der Waals surface area (Å²) in [7, 11) is -3.49. The Kier molecular flexibility index (Phi) is 3.45. The minimum absolute atomic E-state index is 0.290. The Morgan fingerprint density at radius 2 is 1.79 bits per heavy atom. The van der Waals surface area contributed by atoms with Crippen LogP contribution in [-0.2, 0) is 14.8 Å². The summed E-state index contributed by atoms with van der Waals surface area (Å²) in [5, 5.41) is 1.64. The maximum atomic E-state index is 12.6. The molecule has 2 heterocycles. The first-order chi connectivity index (χ1) is 8.52. The molecule has 2 rings (SSSR count). The van der Waals surface area contributed by atoms with E-state index in [4.69, 9.17) is 10.5 Å². The summed E-state index contributed by atoms with van der Waals surface area (Å²) in [4.78, 5) is 0. The van der Waals surface area contributed by atoms with Crippen molar-refractivity contribution in [2.75, 3.05) is 18.8 Å². The standard InChI is InChI=1S/C12H20N2O3S2/c1-11(2)7-14(8-12(3,4)17-11)19(15,16)10-5-9(13)6-18-10/h5-6H,7-8,13H2,1-4H3. The normalized spacial score (nSPS) is 23.4. The topological polar surface area (TPSA) is 72.6 Å². The first kappa shape index (κ1) is 14.8. The largest absolute Gasteiger partial charge is 0.398 e. The second-order valence-corrected chi connectivity index (χ2v) is 9.17. The maximum Gasteiger partial charge on any atom is 0.252 e. The van der Waals surface area contributed by atoms with Crippen LogP contribution >= 0.6 is 11.3 Å². The van der Waals surface area contributed by atoms with Crippen molar-refractivity contribution in [3.8, 4) is 0 Å². The maximum absolute atomic E-state index is 12.6. The van der Waals surface area contributed by atoms with E-state index in [1.54, 1.807) is 5.38 Å². The first-order valence-electron chi connectivity index (χ1n) is 6.06. The van der Waals surface area contributed by atoms with Crippen molar-refractivity contribution in [1.29, 1.82) is 0 Å². The Morgan fingerprint density at radius 1 is 1.26 bits per heavy atom. The third-order valence-electron chi connectivity index (χ3n) is 2.86. The van der Waals surface area contributed by atoms with Crippen LogP contribution in [0.25, 0.3) is 0 Å². The van der Waals surface area contributed by atoms with Crippen LogP contribution in [0.3, 0.4) is 0 Å². The van der Waals surface area contributed by atoms with Gasteiger partial charge in [-0.1, -0.05) is 0 Å². The van der Waals surface area contributed by atoms with Crippen molar-refractivity contribution in [1.82, 2.24) is 4.31 Å². The minimum atomic E-state index is -3.49. The molecule has 0 atom stereocenters. The van der Waals surface area contributed by atoms with Gasteiger partial charge in [-0.25, -0.2) is 8.42 Å². The summed E-state index contributed by atoms with van der Waals surface area (Å²) >= 11 is 1.15. The number of thiophene rings is 1. The number of nitrogens with two attached hydrogens (primary N) is 1. The average Bonchev–Trinajstić information content (AvgIpc) is 2.60. The highest BCUT2D eigenvalue weighted by Crippen LogP contribution is 2.33. The lowest BCUT2D eigenvalue weighted by atomic mass is 10.0. The quantitative estimate of drug-likeness (QED) is 0.906. The van der Waals surface area contributed by atoms with Gasteiger partial charge in [0.15, 0.2) is 0 Å². The number of anilines is 1. The summed E-state index contributed by atoms with van der Waals surface area (Å²) < 4.78 is 32.9. The Morgan fingerprint density at radius 3 is 2.21 bits per heavy atom. The van der Waals surface area contributed by atoms with E-state index in [1.807, 2.05) is 27.7 Å². The third-order valence-corrected chi connectivity index (χ3v) is 6.08. The molecule has 0 amide bonds. The lowest BCUT2D eigenvalue weighted by Gasteiger charge is -2.46. The summed E-state index contributed by atoms with van der Waals surface area (Å²) in [5.41, 5.74) is 5.09. The van der Waals surface area contributed by atoms with Gasteiger partial charge in [0.1, 0.15) is 4.21 Å². The molecule has 0 aliphatic carbocycles. The van der Waals surface area contributed by atoms with Crippen LogP contribution in [-0.4, -0.2) is 37.0 Å². The average molecular weight is 304 g/mol. The number of hydrogen-bond donors (Lipinski definition) is 1. The van der Waals surface area contributed by atoms with E-state index < -0.39 is 21.2 Å². The summed E-state index contributed by atoms with van der Waals surface area (Å²) in [6, 6.07) is 1.51. The highest BCUT2D eigenvalue weighted by Gasteiger charge is 2.43. The van der Waals surface area contributed by atoms with Gasteiger partial charge in [0.25, 0.3) is 10.0 Å². The lowest BCUT2D eigenvalue weighted by Crippen LogP contribution is -2.58. The number of hydrogen-bond acceptors (Lipinski definition) is 5. The molecule has 0 spiro atoms. The van der Waals surface area contributed by atoms with E-state index in [2.05, 4.69) is 0 Å². The van der Waals surface area contributed by atoms with Crippen LogP contribution in [0.4, 0.5) is 5.69 Å². The van der Waals surface area contributed by atoms with Gasteiger partial charge < -0.3 is 10.5 Å². The van der Waals surface area contributed by atoms with Crippen LogP contribution < -0.4 is 5.73 Å². The molecular weight excluding hydrogens is 284 g/mol. The predicted octanol–water partition coefficient (Wildman–Crippen LogP) is 1.91. The molecule has 2 N–H and O–H groups in total. The fourth-order valence-corrected chi connectivity index (χ4v) is 5.45. The molecule has 0 bridgehead atoms. The molecule has 1 aliphatic rings. The second kappa shape index (κ2) is 4.44. The van der Waals surface area contributed by atoms with Crippen molar-refractivity contribution in [3.05, 3.63) is 11.4 Å². The molecule has 0 aromatic carbocycles. The Bertz CT molecular complexity index is 560. The SMILES string of the molecule is CC1(C)CN(S(=O)(=O)c2cc(N)cs2)CC(C)(C)O1. The van der Waals surface area contributed by atoms with Gasteiger partial charge in [0.05, 0.1) is 11.2 Å². The van der Waals surface area contributed by atoms with Gasteiger partial charge >= 0.3 is 0 Å². The molecule has 1 aromatic heterocycles. The van der Waals surface area contributed by atoms with Gasteiger partial charge in [0, 0.05) is 24.2 Å². The zero-order chi connectivity index (χ0) is 14.5. The van der Waals surface area contributed by atoms with E-state index in [0.29, 0.717) is 23.0 Å². The number of sulfonamides is 1. The van der Waals surface area contributed by atoms with Crippen LogP contribution in [0.15, 0.2) is 15.7 Å². The van der Waals surface area contributed by atoms with Gasteiger partial charge in [-0.05, 0) is 33.8 Å². The molecule has 19 heavy (non-hydrogen) atoms. The molecule has 108 valence electrons. The van der Waals surface area contributed by atoms with E-state index in [1.165, 1.54) is 10.4 Å².